The quantitative estimate of drug-likeness (QED) is 0.0496. The highest BCUT2D eigenvalue weighted by Crippen LogP contribution is 2.35. The van der Waals surface area contributed by atoms with E-state index in [1.165, 1.54) is 65.3 Å². The number of benzene rings is 2. The summed E-state index contributed by atoms with van der Waals surface area (Å²) >= 11 is 1.51. The zero-order chi connectivity index (χ0) is 54.8. The van der Waals surface area contributed by atoms with Crippen molar-refractivity contribution in [2.45, 2.75) is 128 Å². The number of anilines is 1. The molecule has 18 nitrogen and oxygen atoms in total. The highest BCUT2D eigenvalue weighted by atomic mass is 32.2. The van der Waals surface area contributed by atoms with Crippen molar-refractivity contribution in [3.05, 3.63) is 101 Å². The van der Waals surface area contributed by atoms with Gasteiger partial charge in [-0.25, -0.2) is 18.7 Å². The Morgan fingerprint density at radius 2 is 1.73 bits per heavy atom. The number of hydrogen-bond acceptors (Lipinski definition) is 15. The molecule has 4 aliphatic rings. The van der Waals surface area contributed by atoms with Crippen molar-refractivity contribution in [3.63, 3.8) is 0 Å². The second-order valence-electron chi connectivity index (χ2n) is 20.5. The van der Waals surface area contributed by atoms with Crippen LogP contribution in [0.1, 0.15) is 128 Å². The van der Waals surface area contributed by atoms with Crippen LogP contribution in [0, 0.1) is 28.9 Å². The molecular formula is C56H71F2N13O5S. The first-order valence-corrected chi connectivity index (χ1v) is 27.9. The molecule has 3 amide bonds. The number of nitrogens with zero attached hydrogens (tertiary/aromatic N) is 9. The number of aromatic nitrogens is 4. The van der Waals surface area contributed by atoms with Crippen molar-refractivity contribution in [1.82, 2.24) is 50.4 Å². The van der Waals surface area contributed by atoms with Crippen molar-refractivity contribution in [3.8, 4) is 23.2 Å². The average Bonchev–Trinajstić information content (AvgIpc) is 4.22. The molecule has 410 valence electrons. The Morgan fingerprint density at radius 1 is 1.00 bits per heavy atom. The highest BCUT2D eigenvalue weighted by molar-refractivity contribution is 8.14. The number of likely N-dealkylation sites (N-methyl/N-ethyl adjacent to an activating group) is 1. The SMILES string of the molecule is C=C(CCCCCCCCN1CCC([C@H](NC(=O)[C@H](C)NC)C(=O)N2CCC[C@H]2C2=NC(C(=O)c3ccc(F)cc3)CS2)CC1)NCCn1nc2c(c1C#N)-c1cnc(N)c(n1)O[C@H](C)c1cc(F)ccc1C(=O)N(C)C2. The number of carbonyl (C=O) groups excluding carboxylic acids is 4. The molecule has 0 spiro atoms. The lowest BCUT2D eigenvalue weighted by atomic mass is 9.88. The number of thioether (sulfide) groups is 1. The number of ketones is 1. The fourth-order valence-corrected chi connectivity index (χ4v) is 11.8. The number of unbranched alkanes of at least 4 members (excludes halogenated alkanes) is 5. The number of Topliss-reactive ketones (excluding diaryl/α,β-unsaturated/α-hetero) is 1. The number of nitrogen functional groups attached to an aromatic ring is 1. The van der Waals surface area contributed by atoms with Gasteiger partial charge in [0.15, 0.2) is 11.6 Å². The summed E-state index contributed by atoms with van der Waals surface area (Å²) in [4.78, 5) is 74.3. The standard InChI is InChI=1S/C56H71F2N13O5S/c1-34(62-23-28-71-47(30-59)48-43-31-63-51(60)53(64-43)76-36(3)42-29-40(58)19-20-41(42)55(74)68(5)32-44(48)67-71)13-10-8-6-7-9-11-24-69-26-21-37(22-27-69)49(66-52(73)35(2)61-4)56(75)70-25-12-14-46(70)54-65-45(33-77-54)50(72)38-15-17-39(57)18-16-38/h15-20,29,31,35-37,45-46,49,61-62H,1,6-14,21-28,32-33H2,2-5H3,(H2,60,63)(H,66,73)/t35-,36+,45?,46-,49-/m0/s1. The van der Waals surface area contributed by atoms with E-state index >= 15 is 0 Å². The third-order valence-electron chi connectivity index (χ3n) is 15.2. The largest absolute Gasteiger partial charge is 0.467 e. The lowest BCUT2D eigenvalue weighted by Gasteiger charge is -2.38. The minimum atomic E-state index is -0.797. The fourth-order valence-electron chi connectivity index (χ4n) is 10.6. The minimum Gasteiger partial charge on any atom is -0.467 e. The molecule has 8 rings (SSSR count). The van der Waals surface area contributed by atoms with Crippen LogP contribution in [0.3, 0.4) is 0 Å². The average molecular weight is 1080 g/mol. The first-order chi connectivity index (χ1) is 37.1. The molecule has 0 aliphatic carbocycles. The second-order valence-corrected chi connectivity index (χ2v) is 21.6. The Labute approximate surface area is 453 Å². The number of nitrogens with one attached hydrogen (secondary N) is 3. The molecule has 2 aromatic carbocycles. The number of nitrogens with two attached hydrogens (primary N) is 1. The molecule has 0 radical (unpaired) electrons. The van der Waals surface area contributed by atoms with Gasteiger partial charge in [0.05, 0.1) is 53.4 Å². The van der Waals surface area contributed by atoms with Crippen LogP contribution in [0.5, 0.6) is 5.88 Å². The Hall–Kier alpha value is -6.76. The Kier molecular flexibility index (Phi) is 19.1. The predicted octanol–water partition coefficient (Wildman–Crippen LogP) is 6.82. The zero-order valence-corrected chi connectivity index (χ0v) is 45.3. The second kappa shape index (κ2) is 26.1. The van der Waals surface area contributed by atoms with Gasteiger partial charge in [0, 0.05) is 48.3 Å². The molecule has 4 aromatic rings. The van der Waals surface area contributed by atoms with Gasteiger partial charge in [-0.2, -0.15) is 10.4 Å². The molecule has 2 bridgehead atoms. The van der Waals surface area contributed by atoms with Gasteiger partial charge in [0.1, 0.15) is 41.6 Å². The molecule has 2 aromatic heterocycles. The van der Waals surface area contributed by atoms with Crippen molar-refractivity contribution < 1.29 is 32.7 Å². The number of piperidine rings is 1. The number of likely N-dealkylation sites (tertiary alicyclic amines) is 2. The third kappa shape index (κ3) is 13.7. The van der Waals surface area contributed by atoms with Gasteiger partial charge in [-0.05, 0) is 134 Å². The van der Waals surface area contributed by atoms with Crippen LogP contribution in [0.25, 0.3) is 11.3 Å². The molecular weight excluding hydrogens is 1000 g/mol. The number of nitriles is 1. The highest BCUT2D eigenvalue weighted by Gasteiger charge is 2.43. The Balaban J connectivity index is 0.761. The van der Waals surface area contributed by atoms with E-state index < -0.39 is 35.9 Å². The van der Waals surface area contributed by atoms with Crippen molar-refractivity contribution >= 4 is 46.1 Å². The maximum absolute atomic E-state index is 14.5. The summed E-state index contributed by atoms with van der Waals surface area (Å²) in [6.07, 6.45) is 11.1. The molecule has 6 heterocycles. The van der Waals surface area contributed by atoms with E-state index in [0.717, 1.165) is 101 Å². The Bertz CT molecular complexity index is 2870. The number of fused-ring (bicyclic) bond motifs is 5. The van der Waals surface area contributed by atoms with Crippen LogP contribution < -0.4 is 26.4 Å². The summed E-state index contributed by atoms with van der Waals surface area (Å²) in [6, 6.07) is 9.76. The van der Waals surface area contributed by atoms with E-state index in [-0.39, 0.29) is 65.0 Å². The minimum absolute atomic E-state index is 0.00537. The molecule has 2 fully saturated rings. The molecule has 21 heteroatoms. The number of carbonyl (C=O) groups is 4. The first kappa shape index (κ1) is 56.4. The van der Waals surface area contributed by atoms with E-state index in [0.29, 0.717) is 53.5 Å². The normalized spacial score (nSPS) is 19.7. The van der Waals surface area contributed by atoms with Crippen molar-refractivity contribution in [2.24, 2.45) is 10.9 Å². The van der Waals surface area contributed by atoms with E-state index in [9.17, 15) is 33.2 Å². The molecule has 77 heavy (non-hydrogen) atoms. The molecule has 1 unspecified atom stereocenters. The lowest BCUT2D eigenvalue weighted by Crippen LogP contribution is -2.58. The van der Waals surface area contributed by atoms with E-state index in [4.69, 9.17) is 20.6 Å². The molecule has 0 saturated carbocycles. The number of amides is 3. The molecule has 5 atom stereocenters. The Morgan fingerprint density at radius 3 is 2.47 bits per heavy atom. The van der Waals surface area contributed by atoms with Gasteiger partial charge in [-0.15, -0.1) is 11.8 Å². The monoisotopic (exact) mass is 1080 g/mol. The summed E-state index contributed by atoms with van der Waals surface area (Å²) in [5.74, 6) is -1.29. The smallest absolute Gasteiger partial charge is 0.258 e. The van der Waals surface area contributed by atoms with Crippen molar-refractivity contribution in [1.29, 1.82) is 5.26 Å². The number of rotatable bonds is 21. The van der Waals surface area contributed by atoms with Crippen LogP contribution >= 0.6 is 11.8 Å². The van der Waals surface area contributed by atoms with E-state index in [1.807, 2.05) is 4.90 Å². The summed E-state index contributed by atoms with van der Waals surface area (Å²) in [6.45, 7) is 11.8. The molecule has 5 N–H and O–H groups in total. The zero-order valence-electron chi connectivity index (χ0n) is 44.5. The number of halogens is 2. The van der Waals surface area contributed by atoms with Crippen molar-refractivity contribution in [2.75, 3.05) is 58.3 Å². The van der Waals surface area contributed by atoms with Crippen LogP contribution in [0.15, 0.2) is 65.9 Å². The summed E-state index contributed by atoms with van der Waals surface area (Å²) in [5, 5.41) is 25.5. The van der Waals surface area contributed by atoms with Gasteiger partial charge in [0.25, 0.3) is 11.8 Å². The van der Waals surface area contributed by atoms with Crippen LogP contribution in [-0.2, 0) is 22.7 Å². The van der Waals surface area contributed by atoms with E-state index in [1.54, 1.807) is 32.6 Å². The third-order valence-corrected chi connectivity index (χ3v) is 16.3. The van der Waals surface area contributed by atoms with Crippen LogP contribution in [-0.4, -0.2) is 140 Å². The predicted molar refractivity (Wildman–Crippen MR) is 292 cm³/mol. The van der Waals surface area contributed by atoms with Crippen LogP contribution in [0.4, 0.5) is 14.6 Å². The van der Waals surface area contributed by atoms with Gasteiger partial charge in [0.2, 0.25) is 11.8 Å². The summed E-state index contributed by atoms with van der Waals surface area (Å²) in [7, 11) is 3.35. The molecule has 2 saturated heterocycles. The summed E-state index contributed by atoms with van der Waals surface area (Å²) in [5.41, 5.74) is 9.46. The molecule has 4 aliphatic heterocycles. The number of hydrogen-bond donors (Lipinski definition) is 4. The summed E-state index contributed by atoms with van der Waals surface area (Å²) < 4.78 is 35.6. The number of aliphatic imine (C=N–C) groups is 1. The number of ether oxygens (including phenoxy) is 1. The van der Waals surface area contributed by atoms with Gasteiger partial charge < -0.3 is 41.1 Å². The maximum Gasteiger partial charge on any atom is 0.258 e. The first-order valence-electron chi connectivity index (χ1n) is 26.9. The van der Waals surface area contributed by atoms with Gasteiger partial charge in [-0.3, -0.25) is 28.9 Å². The van der Waals surface area contributed by atoms with Gasteiger partial charge in [-0.1, -0.05) is 32.3 Å². The van der Waals surface area contributed by atoms with Crippen LogP contribution in [0.2, 0.25) is 0 Å². The topological polar surface area (TPSA) is 229 Å². The van der Waals surface area contributed by atoms with Gasteiger partial charge >= 0.3 is 0 Å². The van der Waals surface area contributed by atoms with E-state index in [2.05, 4.69) is 43.5 Å². The maximum atomic E-state index is 14.5. The number of allylic oxidation sites excluding steroid dienone is 1. The lowest BCUT2D eigenvalue weighted by molar-refractivity contribution is -0.138. The fraction of sp³-hybridized carbons (Fsp3) is 0.518.